The summed E-state index contributed by atoms with van der Waals surface area (Å²) < 4.78 is 0. The quantitative estimate of drug-likeness (QED) is 0.0655. The molecule has 2 aromatic carbocycles. The number of guanidine groups is 1. The van der Waals surface area contributed by atoms with E-state index >= 15 is 0 Å². The Bertz CT molecular complexity index is 1100. The lowest BCUT2D eigenvalue weighted by atomic mass is 10.0. The van der Waals surface area contributed by atoms with Crippen LogP contribution in [0.3, 0.4) is 0 Å². The summed E-state index contributed by atoms with van der Waals surface area (Å²) in [7, 11) is 0. The second-order valence-corrected chi connectivity index (χ2v) is 10.6. The van der Waals surface area contributed by atoms with E-state index < -0.39 is 12.1 Å². The minimum Gasteiger partial charge on any atom is -0.370 e. The number of rotatable bonds is 19. The first-order valence-electron chi connectivity index (χ1n) is 14.5. The van der Waals surface area contributed by atoms with E-state index in [2.05, 4.69) is 20.9 Å². The molecule has 0 heterocycles. The molecule has 0 aliphatic heterocycles. The largest absolute Gasteiger partial charge is 0.370 e. The molecule has 10 heteroatoms. The van der Waals surface area contributed by atoms with Gasteiger partial charge in [0, 0.05) is 18.7 Å². The van der Waals surface area contributed by atoms with E-state index in [9.17, 15) is 14.4 Å². The predicted octanol–water partition coefficient (Wildman–Crippen LogP) is 2.32. The summed E-state index contributed by atoms with van der Waals surface area (Å²) >= 11 is 0. The number of nitrogens with one attached hydrogen (secondary N) is 3. The number of unbranched alkanes of at least 4 members (excludes halogenated alkanes) is 2. The second-order valence-electron chi connectivity index (χ2n) is 10.6. The van der Waals surface area contributed by atoms with Crippen molar-refractivity contribution < 1.29 is 14.4 Å². The number of nitrogens with two attached hydrogens (primary N) is 3. The molecule has 0 fully saturated rings. The zero-order valence-electron chi connectivity index (χ0n) is 24.4. The molecule has 0 saturated heterocycles. The highest BCUT2D eigenvalue weighted by Crippen LogP contribution is 2.19. The third-order valence-corrected chi connectivity index (χ3v) is 6.61. The highest BCUT2D eigenvalue weighted by Gasteiger charge is 2.26. The maximum atomic E-state index is 13.3. The molecule has 0 bridgehead atoms. The maximum absolute atomic E-state index is 13.3. The van der Waals surface area contributed by atoms with Crippen molar-refractivity contribution in [1.82, 2.24) is 16.0 Å². The van der Waals surface area contributed by atoms with E-state index in [0.717, 1.165) is 24.0 Å². The molecule has 2 rings (SSSR count). The smallest absolute Gasteiger partial charge is 0.242 e. The molecule has 224 valence electrons. The first-order chi connectivity index (χ1) is 19.7. The molecule has 0 aromatic heterocycles. The number of carbonyl (C=O) groups excluding carboxylic acids is 3. The van der Waals surface area contributed by atoms with E-state index in [-0.39, 0.29) is 36.0 Å². The van der Waals surface area contributed by atoms with Gasteiger partial charge in [-0.1, -0.05) is 68.4 Å². The van der Waals surface area contributed by atoms with Crippen molar-refractivity contribution in [3.63, 3.8) is 0 Å². The number of hydrogen-bond donors (Lipinski definition) is 6. The van der Waals surface area contributed by atoms with Gasteiger partial charge < -0.3 is 27.8 Å². The lowest BCUT2D eigenvalue weighted by molar-refractivity contribution is -0.130. The van der Waals surface area contributed by atoms with Crippen molar-refractivity contribution in [3.05, 3.63) is 60.2 Å². The van der Waals surface area contributed by atoms with Crippen LogP contribution in [0.25, 0.3) is 11.1 Å². The van der Waals surface area contributed by atoms with E-state index in [4.69, 9.17) is 17.2 Å². The molecule has 0 saturated carbocycles. The van der Waals surface area contributed by atoms with Crippen LogP contribution >= 0.6 is 0 Å². The lowest BCUT2D eigenvalue weighted by Crippen LogP contribution is -2.53. The van der Waals surface area contributed by atoms with Crippen LogP contribution in [0.5, 0.6) is 0 Å². The van der Waals surface area contributed by atoms with E-state index in [1.807, 2.05) is 56.3 Å². The first kappa shape index (κ1) is 33.4. The SMILES string of the molecule is CC(C)C[C@H](NCC(=O)c1ccc(-c2ccccc2)cc1)C(=O)N[C@@H](CCCCN)C(=O)NCCCCN=C(N)N. The lowest BCUT2D eigenvalue weighted by Gasteiger charge is -2.24. The summed E-state index contributed by atoms with van der Waals surface area (Å²) in [5, 5.41) is 8.95. The summed E-state index contributed by atoms with van der Waals surface area (Å²) in [6.07, 6.45) is 3.89. The van der Waals surface area contributed by atoms with Crippen LogP contribution in [0.4, 0.5) is 0 Å². The number of carbonyl (C=O) groups is 3. The second kappa shape index (κ2) is 18.6. The highest BCUT2D eigenvalue weighted by molar-refractivity contribution is 5.98. The first-order valence-corrected chi connectivity index (χ1v) is 14.5. The van der Waals surface area contributed by atoms with Crippen LogP contribution in [-0.4, -0.2) is 61.8 Å². The molecule has 2 amide bonds. The van der Waals surface area contributed by atoms with Crippen LogP contribution < -0.4 is 33.2 Å². The van der Waals surface area contributed by atoms with Gasteiger partial charge in [-0.15, -0.1) is 0 Å². The zero-order valence-corrected chi connectivity index (χ0v) is 24.4. The van der Waals surface area contributed by atoms with Gasteiger partial charge in [0.25, 0.3) is 0 Å². The van der Waals surface area contributed by atoms with Crippen molar-refractivity contribution in [2.75, 3.05) is 26.2 Å². The topological polar surface area (TPSA) is 178 Å². The number of aliphatic imine (C=N–C) groups is 1. The normalized spacial score (nSPS) is 12.4. The molecule has 0 spiro atoms. The van der Waals surface area contributed by atoms with Gasteiger partial charge in [-0.25, -0.2) is 0 Å². The molecule has 2 aromatic rings. The summed E-state index contributed by atoms with van der Waals surface area (Å²) in [4.78, 5) is 43.2. The number of ketones is 1. The van der Waals surface area contributed by atoms with Gasteiger partial charge in [0.1, 0.15) is 6.04 Å². The molecule has 10 nitrogen and oxygen atoms in total. The number of benzene rings is 2. The summed E-state index contributed by atoms with van der Waals surface area (Å²) in [6.45, 7) is 5.49. The summed E-state index contributed by atoms with van der Waals surface area (Å²) in [5.41, 5.74) is 19.0. The molecule has 0 unspecified atom stereocenters. The zero-order chi connectivity index (χ0) is 30.0. The maximum Gasteiger partial charge on any atom is 0.242 e. The van der Waals surface area contributed by atoms with E-state index in [1.54, 1.807) is 12.1 Å². The van der Waals surface area contributed by atoms with Crippen LogP contribution in [0.1, 0.15) is 62.7 Å². The van der Waals surface area contributed by atoms with Gasteiger partial charge in [0.2, 0.25) is 11.8 Å². The van der Waals surface area contributed by atoms with Gasteiger partial charge >= 0.3 is 0 Å². The van der Waals surface area contributed by atoms with Crippen molar-refractivity contribution in [1.29, 1.82) is 0 Å². The molecule has 0 aliphatic rings. The number of hydrogen-bond acceptors (Lipinski definition) is 6. The minimum atomic E-state index is -0.690. The van der Waals surface area contributed by atoms with Crippen molar-refractivity contribution >= 4 is 23.6 Å². The molecule has 41 heavy (non-hydrogen) atoms. The number of Topliss-reactive ketones (excluding diaryl/α,β-unsaturated/α-hetero) is 1. The third kappa shape index (κ3) is 13.0. The fraction of sp³-hybridized carbons (Fsp3) is 0.484. The Kier molecular flexibility index (Phi) is 15.1. The van der Waals surface area contributed by atoms with E-state index in [1.165, 1.54) is 0 Å². The minimum absolute atomic E-state index is 0.00925. The average molecular weight is 566 g/mol. The monoisotopic (exact) mass is 565 g/mol. The van der Waals surface area contributed by atoms with Gasteiger partial charge in [0.05, 0.1) is 12.6 Å². The fourth-order valence-electron chi connectivity index (χ4n) is 4.37. The Labute approximate surface area is 243 Å². The van der Waals surface area contributed by atoms with E-state index in [0.29, 0.717) is 50.9 Å². The molecule has 0 aliphatic carbocycles. The Morgan fingerprint density at radius 3 is 2.15 bits per heavy atom. The van der Waals surface area contributed by atoms with Gasteiger partial charge in [-0.05, 0) is 62.1 Å². The van der Waals surface area contributed by atoms with Crippen molar-refractivity contribution in [3.8, 4) is 11.1 Å². The molecule has 2 atom stereocenters. The van der Waals surface area contributed by atoms with Crippen molar-refractivity contribution in [2.45, 2.75) is 64.5 Å². The van der Waals surface area contributed by atoms with Gasteiger partial charge in [-0.2, -0.15) is 0 Å². The summed E-state index contributed by atoms with van der Waals surface area (Å²) in [5.74, 6) is -0.400. The van der Waals surface area contributed by atoms with Crippen molar-refractivity contribution in [2.24, 2.45) is 28.1 Å². The van der Waals surface area contributed by atoms with Crippen LogP contribution in [0.15, 0.2) is 59.6 Å². The molecule has 0 radical (unpaired) electrons. The molecule has 9 N–H and O–H groups in total. The average Bonchev–Trinajstić information content (AvgIpc) is 2.96. The Balaban J connectivity index is 1.97. The Morgan fingerprint density at radius 2 is 1.51 bits per heavy atom. The van der Waals surface area contributed by atoms with Crippen LogP contribution in [0, 0.1) is 5.92 Å². The van der Waals surface area contributed by atoms with Gasteiger partial charge in [-0.3, -0.25) is 24.7 Å². The Hall–Kier alpha value is -3.76. The van der Waals surface area contributed by atoms with Crippen LogP contribution in [-0.2, 0) is 9.59 Å². The molecular weight excluding hydrogens is 518 g/mol. The summed E-state index contributed by atoms with van der Waals surface area (Å²) in [6, 6.07) is 16.1. The molecular formula is C31H47N7O3. The fourth-order valence-corrected chi connectivity index (χ4v) is 4.37. The highest BCUT2D eigenvalue weighted by atomic mass is 16.2. The number of amides is 2. The Morgan fingerprint density at radius 1 is 0.829 bits per heavy atom. The third-order valence-electron chi connectivity index (χ3n) is 6.61. The van der Waals surface area contributed by atoms with Gasteiger partial charge in [0.15, 0.2) is 11.7 Å². The van der Waals surface area contributed by atoms with Crippen LogP contribution in [0.2, 0.25) is 0 Å². The number of nitrogens with zero attached hydrogens (tertiary/aromatic N) is 1. The standard InChI is InChI=1S/C31H47N7O3/c1-22(2)20-27(37-21-28(39)25-15-13-24(14-16-25)23-10-4-3-5-11-23)30(41)38-26(12-6-7-17-32)29(40)35-18-8-9-19-36-31(33)34/h3-5,10-11,13-16,22,26-27,37H,6-9,12,17-21,32H2,1-2H3,(H,35,40)(H,38,41)(H4,33,34,36)/t26-,27-/m0/s1. The predicted molar refractivity (Wildman–Crippen MR) is 165 cm³/mol.